The number of para-hydroxylation sites is 1. The van der Waals surface area contributed by atoms with Gasteiger partial charge in [0.25, 0.3) is 0 Å². The van der Waals surface area contributed by atoms with E-state index in [-0.39, 0.29) is 18.1 Å². The van der Waals surface area contributed by atoms with Crippen molar-refractivity contribution >= 4 is 39.0 Å². The van der Waals surface area contributed by atoms with Gasteiger partial charge in [-0.15, -0.1) is 0 Å². The Morgan fingerprint density at radius 1 is 1.03 bits per heavy atom. The Bertz CT molecular complexity index is 1240. The first-order chi connectivity index (χ1) is 15.0. The second-order valence-electron chi connectivity index (χ2n) is 7.33. The zero-order chi connectivity index (χ0) is 21.8. The first kappa shape index (κ1) is 21.0. The number of halogens is 2. The molecule has 0 fully saturated rings. The maximum atomic E-state index is 13.0. The van der Waals surface area contributed by atoms with Crippen LogP contribution < -0.4 is 5.43 Å². The van der Waals surface area contributed by atoms with Crippen LogP contribution in [0.15, 0.2) is 82.4 Å². The number of carbonyl (C=O) groups excluding carboxylic acids is 1. The Balaban J connectivity index is 1.54. The Morgan fingerprint density at radius 3 is 2.45 bits per heavy atom. The van der Waals surface area contributed by atoms with Crippen LogP contribution in [0.2, 0.25) is 0 Å². The average molecular weight is 478 g/mol. The molecule has 31 heavy (non-hydrogen) atoms. The molecular weight excluding hydrogens is 457 g/mol. The molecule has 6 heteroatoms. The van der Waals surface area contributed by atoms with Crippen LogP contribution in [-0.2, 0) is 17.8 Å². The standard InChI is InChI=1S/C25H21BrFN3O/c1-17-23(15-28-29-25(31)14-18-8-12-21(27)13-9-18)22-4-2-3-5-24(22)30(17)16-19-6-10-20(26)11-7-19/h2-13,15H,14,16H2,1H3,(H,29,31)/b28-15+. The molecule has 0 unspecified atom stereocenters. The zero-order valence-corrected chi connectivity index (χ0v) is 18.6. The van der Waals surface area contributed by atoms with Gasteiger partial charge in [0.2, 0.25) is 5.91 Å². The van der Waals surface area contributed by atoms with Crippen molar-refractivity contribution in [3.63, 3.8) is 0 Å². The minimum Gasteiger partial charge on any atom is -0.340 e. The fourth-order valence-corrected chi connectivity index (χ4v) is 3.86. The molecule has 4 aromatic rings. The summed E-state index contributed by atoms with van der Waals surface area (Å²) in [4.78, 5) is 12.2. The van der Waals surface area contributed by atoms with Gasteiger partial charge in [-0.05, 0) is 48.4 Å². The van der Waals surface area contributed by atoms with Crippen molar-refractivity contribution in [1.82, 2.24) is 9.99 Å². The lowest BCUT2D eigenvalue weighted by Gasteiger charge is -2.09. The minimum atomic E-state index is -0.322. The Morgan fingerprint density at radius 2 is 1.71 bits per heavy atom. The summed E-state index contributed by atoms with van der Waals surface area (Å²) in [5.74, 6) is -0.573. The van der Waals surface area contributed by atoms with E-state index in [1.54, 1.807) is 18.3 Å². The van der Waals surface area contributed by atoms with Crippen molar-refractivity contribution < 1.29 is 9.18 Å². The highest BCUT2D eigenvalue weighted by atomic mass is 79.9. The lowest BCUT2D eigenvalue weighted by atomic mass is 10.1. The summed E-state index contributed by atoms with van der Waals surface area (Å²) in [5.41, 5.74) is 7.65. The summed E-state index contributed by atoms with van der Waals surface area (Å²) in [7, 11) is 0. The number of benzene rings is 3. The smallest absolute Gasteiger partial charge is 0.244 e. The lowest BCUT2D eigenvalue weighted by molar-refractivity contribution is -0.120. The van der Waals surface area contributed by atoms with E-state index < -0.39 is 0 Å². The van der Waals surface area contributed by atoms with Crippen molar-refractivity contribution in [3.05, 3.63) is 105 Å². The largest absolute Gasteiger partial charge is 0.340 e. The van der Waals surface area contributed by atoms with E-state index in [9.17, 15) is 9.18 Å². The SMILES string of the molecule is Cc1c(/C=N/NC(=O)Cc2ccc(F)cc2)c2ccccc2n1Cc1ccc(Br)cc1. The molecule has 0 saturated carbocycles. The van der Waals surface area contributed by atoms with Gasteiger partial charge in [0.05, 0.1) is 12.6 Å². The van der Waals surface area contributed by atoms with E-state index in [1.807, 2.05) is 24.3 Å². The van der Waals surface area contributed by atoms with Crippen LogP contribution in [0, 0.1) is 12.7 Å². The van der Waals surface area contributed by atoms with Crippen LogP contribution in [-0.4, -0.2) is 16.7 Å². The number of nitrogens with zero attached hydrogens (tertiary/aromatic N) is 2. The molecule has 0 aliphatic carbocycles. The number of hydrogen-bond acceptors (Lipinski definition) is 2. The molecule has 1 heterocycles. The Labute approximate surface area is 188 Å². The van der Waals surface area contributed by atoms with Crippen molar-refractivity contribution in [3.8, 4) is 0 Å². The van der Waals surface area contributed by atoms with Gasteiger partial charge in [0, 0.05) is 33.2 Å². The van der Waals surface area contributed by atoms with Gasteiger partial charge in [0.15, 0.2) is 0 Å². The number of hydrazone groups is 1. The highest BCUT2D eigenvalue weighted by Crippen LogP contribution is 2.26. The molecule has 0 saturated heterocycles. The quantitative estimate of drug-likeness (QED) is 0.285. The van der Waals surface area contributed by atoms with Crippen LogP contribution in [0.1, 0.15) is 22.4 Å². The van der Waals surface area contributed by atoms with Gasteiger partial charge in [-0.1, -0.05) is 58.4 Å². The number of nitrogens with one attached hydrogen (secondary N) is 1. The third kappa shape index (κ3) is 4.91. The number of aromatic nitrogens is 1. The molecule has 0 aliphatic rings. The van der Waals surface area contributed by atoms with Crippen molar-refractivity contribution in [2.24, 2.45) is 5.10 Å². The Kier molecular flexibility index (Phi) is 6.28. The van der Waals surface area contributed by atoms with E-state index in [4.69, 9.17) is 0 Å². The molecule has 1 amide bonds. The summed E-state index contributed by atoms with van der Waals surface area (Å²) >= 11 is 3.48. The second kappa shape index (κ2) is 9.27. The molecule has 0 atom stereocenters. The first-order valence-electron chi connectivity index (χ1n) is 9.90. The van der Waals surface area contributed by atoms with E-state index in [0.29, 0.717) is 0 Å². The molecule has 1 N–H and O–H groups in total. The fraction of sp³-hybridized carbons (Fsp3) is 0.120. The third-order valence-corrected chi connectivity index (χ3v) is 5.72. The summed E-state index contributed by atoms with van der Waals surface area (Å²) in [6.45, 7) is 2.80. The van der Waals surface area contributed by atoms with Crippen molar-refractivity contribution in [2.45, 2.75) is 19.9 Å². The highest BCUT2D eigenvalue weighted by molar-refractivity contribution is 9.10. The van der Waals surface area contributed by atoms with Crippen molar-refractivity contribution in [1.29, 1.82) is 0 Å². The van der Waals surface area contributed by atoms with Gasteiger partial charge in [0.1, 0.15) is 5.82 Å². The van der Waals surface area contributed by atoms with Gasteiger partial charge in [-0.25, -0.2) is 9.82 Å². The molecule has 0 radical (unpaired) electrons. The summed E-state index contributed by atoms with van der Waals surface area (Å²) < 4.78 is 16.3. The Hall–Kier alpha value is -3.25. The number of amides is 1. The molecular formula is C25H21BrFN3O. The fourth-order valence-electron chi connectivity index (χ4n) is 3.59. The van der Waals surface area contributed by atoms with Crippen LogP contribution >= 0.6 is 15.9 Å². The van der Waals surface area contributed by atoms with E-state index in [1.165, 1.54) is 17.7 Å². The lowest BCUT2D eigenvalue weighted by Crippen LogP contribution is -2.19. The van der Waals surface area contributed by atoms with Gasteiger partial charge in [-0.2, -0.15) is 5.10 Å². The summed E-state index contributed by atoms with van der Waals surface area (Å²) in [5, 5.41) is 5.26. The molecule has 156 valence electrons. The van der Waals surface area contributed by atoms with E-state index >= 15 is 0 Å². The number of carbonyl (C=O) groups is 1. The van der Waals surface area contributed by atoms with E-state index in [0.717, 1.165) is 38.7 Å². The van der Waals surface area contributed by atoms with Crippen LogP contribution in [0.5, 0.6) is 0 Å². The van der Waals surface area contributed by atoms with Gasteiger partial charge >= 0.3 is 0 Å². The predicted octanol–water partition coefficient (Wildman–Crippen LogP) is 5.59. The summed E-state index contributed by atoms with van der Waals surface area (Å²) in [6.07, 6.45) is 1.83. The topological polar surface area (TPSA) is 46.4 Å². The summed E-state index contributed by atoms with van der Waals surface area (Å²) in [6, 6.07) is 22.3. The molecule has 4 nitrogen and oxygen atoms in total. The molecule has 0 aliphatic heterocycles. The highest BCUT2D eigenvalue weighted by Gasteiger charge is 2.13. The normalized spacial score (nSPS) is 11.3. The monoisotopic (exact) mass is 477 g/mol. The van der Waals surface area contributed by atoms with Gasteiger partial charge in [-0.3, -0.25) is 4.79 Å². The first-order valence-corrected chi connectivity index (χ1v) is 10.7. The molecule has 0 bridgehead atoms. The molecule has 1 aromatic heterocycles. The van der Waals surface area contributed by atoms with E-state index in [2.05, 4.69) is 62.2 Å². The maximum absolute atomic E-state index is 13.0. The molecule has 0 spiro atoms. The maximum Gasteiger partial charge on any atom is 0.244 e. The number of rotatable bonds is 6. The average Bonchev–Trinajstić information content (AvgIpc) is 3.03. The van der Waals surface area contributed by atoms with Crippen LogP contribution in [0.4, 0.5) is 4.39 Å². The van der Waals surface area contributed by atoms with Crippen molar-refractivity contribution in [2.75, 3.05) is 0 Å². The zero-order valence-electron chi connectivity index (χ0n) is 17.0. The molecule has 4 rings (SSSR count). The second-order valence-corrected chi connectivity index (χ2v) is 8.24. The number of hydrogen-bond donors (Lipinski definition) is 1. The third-order valence-electron chi connectivity index (χ3n) is 5.19. The number of fused-ring (bicyclic) bond motifs is 1. The predicted molar refractivity (Wildman–Crippen MR) is 126 cm³/mol. The molecule has 3 aromatic carbocycles. The van der Waals surface area contributed by atoms with Crippen LogP contribution in [0.25, 0.3) is 10.9 Å². The van der Waals surface area contributed by atoms with Crippen LogP contribution in [0.3, 0.4) is 0 Å². The van der Waals surface area contributed by atoms with Gasteiger partial charge < -0.3 is 4.57 Å². The minimum absolute atomic E-state index is 0.141.